The van der Waals surface area contributed by atoms with E-state index in [1.54, 1.807) is 21.9 Å². The van der Waals surface area contributed by atoms with Crippen LogP contribution in [0.4, 0.5) is 14.5 Å². The number of nitrogens with two attached hydrogens (primary N) is 1. The van der Waals surface area contributed by atoms with Crippen molar-refractivity contribution in [2.45, 2.75) is 31.4 Å². The van der Waals surface area contributed by atoms with Crippen molar-refractivity contribution in [3.05, 3.63) is 53.4 Å². The first kappa shape index (κ1) is 18.6. The van der Waals surface area contributed by atoms with Crippen molar-refractivity contribution in [3.63, 3.8) is 0 Å². The number of carbonyl (C=O) groups excluding carboxylic acids is 1. The molecule has 3 N–H and O–H groups in total. The third kappa shape index (κ3) is 3.77. The average molecular weight is 387 g/mol. The number of anilines is 1. The minimum atomic E-state index is -2.63. The van der Waals surface area contributed by atoms with Gasteiger partial charge in [0.25, 0.3) is 5.92 Å². The Balaban J connectivity index is 1.63. The lowest BCUT2D eigenvalue weighted by molar-refractivity contribution is -0.117. The van der Waals surface area contributed by atoms with Crippen LogP contribution in [0.3, 0.4) is 0 Å². The van der Waals surface area contributed by atoms with Gasteiger partial charge in [0.2, 0.25) is 5.91 Å². The molecule has 3 heterocycles. The van der Waals surface area contributed by atoms with Crippen LogP contribution < -0.4 is 11.1 Å². The number of nitrogens with zero attached hydrogens (tertiary/aromatic N) is 3. The molecule has 2 aliphatic rings. The monoisotopic (exact) mass is 387 g/mol. The van der Waals surface area contributed by atoms with Gasteiger partial charge in [-0.25, -0.2) is 8.78 Å². The van der Waals surface area contributed by atoms with Crippen LogP contribution in [0.25, 0.3) is 5.57 Å². The molecular weight excluding hydrogens is 364 g/mol. The highest BCUT2D eigenvalue weighted by Gasteiger charge is 2.35. The summed E-state index contributed by atoms with van der Waals surface area (Å²) in [5.74, 6) is -3.11. The zero-order valence-corrected chi connectivity index (χ0v) is 15.7. The predicted octanol–water partition coefficient (Wildman–Crippen LogP) is 2.36. The van der Waals surface area contributed by atoms with E-state index in [-0.39, 0.29) is 13.0 Å². The number of rotatable bonds is 4. The third-order valence-corrected chi connectivity index (χ3v) is 5.22. The molecular formula is C20H23F2N5O. The number of carbonyl (C=O) groups is 1. The van der Waals surface area contributed by atoms with E-state index in [1.807, 2.05) is 31.4 Å². The molecule has 1 aromatic carbocycles. The molecule has 4 rings (SSSR count). The Kier molecular flexibility index (Phi) is 4.66. The molecule has 1 unspecified atom stereocenters. The van der Waals surface area contributed by atoms with Gasteiger partial charge in [-0.3, -0.25) is 14.4 Å². The van der Waals surface area contributed by atoms with E-state index in [1.165, 1.54) is 0 Å². The summed E-state index contributed by atoms with van der Waals surface area (Å²) in [5, 5.41) is 7.36. The van der Waals surface area contributed by atoms with Crippen LogP contribution in [0, 0.1) is 0 Å². The highest BCUT2D eigenvalue weighted by molar-refractivity contribution is 5.96. The smallest absolute Gasteiger partial charge is 0.260 e. The molecule has 2 aliphatic heterocycles. The molecule has 1 saturated heterocycles. The molecule has 0 bridgehead atoms. The maximum Gasteiger partial charge on any atom is 0.260 e. The molecule has 1 fully saturated rings. The Morgan fingerprint density at radius 2 is 2.25 bits per heavy atom. The van der Waals surface area contributed by atoms with Crippen LogP contribution in [0.5, 0.6) is 0 Å². The molecule has 1 atom stereocenters. The van der Waals surface area contributed by atoms with Crippen LogP contribution in [0.15, 0.2) is 36.7 Å². The van der Waals surface area contributed by atoms with E-state index >= 15 is 0 Å². The van der Waals surface area contributed by atoms with E-state index in [2.05, 4.69) is 10.4 Å². The third-order valence-electron chi connectivity index (χ3n) is 5.22. The number of alkyl halides is 2. The number of aryl methyl sites for hydroxylation is 1. The lowest BCUT2D eigenvalue weighted by atomic mass is 9.91. The number of aromatic nitrogens is 2. The van der Waals surface area contributed by atoms with Gasteiger partial charge in [0, 0.05) is 43.0 Å². The summed E-state index contributed by atoms with van der Waals surface area (Å²) < 4.78 is 29.1. The number of nitrogens with one attached hydrogen (secondary N) is 1. The number of benzene rings is 1. The van der Waals surface area contributed by atoms with E-state index in [0.29, 0.717) is 19.5 Å². The first-order valence-corrected chi connectivity index (χ1v) is 9.31. The molecule has 1 aromatic heterocycles. The van der Waals surface area contributed by atoms with Crippen molar-refractivity contribution in [2.24, 2.45) is 12.8 Å². The number of likely N-dealkylation sites (tertiary alicyclic amines) is 1. The summed E-state index contributed by atoms with van der Waals surface area (Å²) in [6.07, 6.45) is 5.86. The maximum absolute atomic E-state index is 13.7. The van der Waals surface area contributed by atoms with Crippen molar-refractivity contribution in [1.82, 2.24) is 14.7 Å². The first-order valence-electron chi connectivity index (χ1n) is 9.31. The second-order valence-corrected chi connectivity index (χ2v) is 7.56. The Morgan fingerprint density at radius 3 is 2.93 bits per heavy atom. The van der Waals surface area contributed by atoms with Gasteiger partial charge in [0.15, 0.2) is 0 Å². The summed E-state index contributed by atoms with van der Waals surface area (Å²) in [6, 6.07) is 5.18. The minimum absolute atomic E-state index is 0.0468. The number of piperidine rings is 1. The first-order chi connectivity index (χ1) is 13.3. The molecule has 28 heavy (non-hydrogen) atoms. The second kappa shape index (κ2) is 7.01. The highest BCUT2D eigenvalue weighted by atomic mass is 19.3. The van der Waals surface area contributed by atoms with E-state index in [9.17, 15) is 13.6 Å². The van der Waals surface area contributed by atoms with Crippen molar-refractivity contribution >= 4 is 17.2 Å². The zero-order chi connectivity index (χ0) is 19.9. The Labute approximate surface area is 162 Å². The summed E-state index contributed by atoms with van der Waals surface area (Å²) in [7, 11) is 1.83. The Morgan fingerprint density at radius 1 is 1.43 bits per heavy atom. The van der Waals surface area contributed by atoms with Gasteiger partial charge in [-0.2, -0.15) is 5.10 Å². The molecule has 0 spiro atoms. The minimum Gasteiger partial charge on any atom is -0.370 e. The SMILES string of the molecule is Cn1cc(C2=CC(C(N)=O)Nc3cc(CN4CCCC(F)(F)C4)ccc32)cn1. The van der Waals surface area contributed by atoms with E-state index in [0.717, 1.165) is 28.0 Å². The molecule has 0 aliphatic carbocycles. The summed E-state index contributed by atoms with van der Waals surface area (Å²) in [4.78, 5) is 13.6. The summed E-state index contributed by atoms with van der Waals surface area (Å²) in [6.45, 7) is 0.880. The molecule has 0 saturated carbocycles. The largest absolute Gasteiger partial charge is 0.370 e. The van der Waals surface area contributed by atoms with E-state index < -0.39 is 17.9 Å². The normalized spacial score (nSPS) is 21.5. The molecule has 1 amide bonds. The topological polar surface area (TPSA) is 76.2 Å². The lowest BCUT2D eigenvalue weighted by Gasteiger charge is -2.32. The second-order valence-electron chi connectivity index (χ2n) is 7.56. The number of hydrogen-bond acceptors (Lipinski definition) is 4. The van der Waals surface area contributed by atoms with Gasteiger partial charge < -0.3 is 11.1 Å². The number of amides is 1. The summed E-state index contributed by atoms with van der Waals surface area (Å²) >= 11 is 0. The lowest BCUT2D eigenvalue weighted by Crippen LogP contribution is -2.42. The fraction of sp³-hybridized carbons (Fsp3) is 0.400. The van der Waals surface area contributed by atoms with Gasteiger partial charge in [-0.1, -0.05) is 12.1 Å². The van der Waals surface area contributed by atoms with Crippen molar-refractivity contribution in [2.75, 3.05) is 18.4 Å². The fourth-order valence-corrected chi connectivity index (χ4v) is 3.91. The van der Waals surface area contributed by atoms with Gasteiger partial charge in [0.1, 0.15) is 6.04 Å². The van der Waals surface area contributed by atoms with Crippen molar-refractivity contribution < 1.29 is 13.6 Å². The Bertz CT molecular complexity index is 936. The van der Waals surface area contributed by atoms with Crippen LogP contribution in [0.1, 0.15) is 29.5 Å². The van der Waals surface area contributed by atoms with Crippen molar-refractivity contribution in [3.8, 4) is 0 Å². The van der Waals surface area contributed by atoms with Gasteiger partial charge in [0.05, 0.1) is 12.7 Å². The van der Waals surface area contributed by atoms with Gasteiger partial charge >= 0.3 is 0 Å². The quantitative estimate of drug-likeness (QED) is 0.845. The molecule has 8 heteroatoms. The van der Waals surface area contributed by atoms with Crippen LogP contribution in [-0.4, -0.2) is 45.6 Å². The average Bonchev–Trinajstić information content (AvgIpc) is 3.06. The predicted molar refractivity (Wildman–Crippen MR) is 103 cm³/mol. The van der Waals surface area contributed by atoms with Gasteiger partial charge in [-0.05, 0) is 36.2 Å². The number of halogens is 2. The number of fused-ring (bicyclic) bond motifs is 1. The fourth-order valence-electron chi connectivity index (χ4n) is 3.91. The van der Waals surface area contributed by atoms with Gasteiger partial charge in [-0.15, -0.1) is 0 Å². The van der Waals surface area contributed by atoms with Crippen LogP contribution >= 0.6 is 0 Å². The summed E-state index contributed by atoms with van der Waals surface area (Å²) in [5.41, 5.74) is 9.91. The molecule has 6 nitrogen and oxygen atoms in total. The molecule has 0 radical (unpaired) electrons. The maximum atomic E-state index is 13.7. The molecule has 2 aromatic rings. The molecule has 148 valence electrons. The number of primary amides is 1. The Hall–Kier alpha value is -2.74. The standard InChI is InChI=1S/C20H23F2N5O/c1-26-11-14(9-24-26)16-8-18(19(23)28)25-17-7-13(3-4-15(16)17)10-27-6-2-5-20(21,22)12-27/h3-4,7-9,11,18,25H,2,5-6,10,12H2,1H3,(H2,23,28). The van der Waals surface area contributed by atoms with E-state index in [4.69, 9.17) is 5.73 Å². The zero-order valence-electron chi connectivity index (χ0n) is 15.7. The van der Waals surface area contributed by atoms with Crippen molar-refractivity contribution in [1.29, 1.82) is 0 Å². The number of hydrogen-bond donors (Lipinski definition) is 2. The highest BCUT2D eigenvalue weighted by Crippen LogP contribution is 2.35. The van der Waals surface area contributed by atoms with Crippen LogP contribution in [-0.2, 0) is 18.4 Å². The van der Waals surface area contributed by atoms with Crippen LogP contribution in [0.2, 0.25) is 0 Å².